The number of carbonyl (C=O) groups is 1. The number of aromatic carboxylic acids is 1. The summed E-state index contributed by atoms with van der Waals surface area (Å²) in [5.74, 6) is -0.632. The molecular formula is C14H21N3O4S. The maximum atomic E-state index is 12.3. The highest BCUT2D eigenvalue weighted by Gasteiger charge is 2.39. The molecule has 1 aliphatic carbocycles. The largest absolute Gasteiger partial charge is 0.478 e. The Hall–Kier alpha value is -1.83. The average Bonchev–Trinajstić information content (AvgIpc) is 3.30. The molecule has 1 aromatic heterocycles. The van der Waals surface area contributed by atoms with Crippen molar-refractivity contribution in [3.05, 3.63) is 17.7 Å². The van der Waals surface area contributed by atoms with Crippen molar-refractivity contribution in [1.82, 2.24) is 4.98 Å². The highest BCUT2D eigenvalue weighted by Crippen LogP contribution is 2.32. The first kappa shape index (κ1) is 16.5. The third-order valence-corrected chi connectivity index (χ3v) is 5.98. The summed E-state index contributed by atoms with van der Waals surface area (Å²) in [5, 5.41) is 11.9. The van der Waals surface area contributed by atoms with Crippen LogP contribution in [0.2, 0.25) is 0 Å². The monoisotopic (exact) mass is 327 g/mol. The number of anilines is 2. The summed E-state index contributed by atoms with van der Waals surface area (Å²) >= 11 is 0. The van der Waals surface area contributed by atoms with E-state index in [-0.39, 0.29) is 22.7 Å². The fourth-order valence-electron chi connectivity index (χ4n) is 1.95. The molecule has 0 spiro atoms. The van der Waals surface area contributed by atoms with Crippen molar-refractivity contribution in [2.75, 3.05) is 16.7 Å². The van der Waals surface area contributed by atoms with E-state index in [2.05, 4.69) is 10.3 Å². The molecule has 2 N–H and O–H groups in total. The molecule has 1 saturated carbocycles. The van der Waals surface area contributed by atoms with Crippen LogP contribution in [0.4, 0.5) is 11.6 Å². The van der Waals surface area contributed by atoms with Crippen molar-refractivity contribution in [2.45, 2.75) is 44.4 Å². The van der Waals surface area contributed by atoms with Crippen LogP contribution in [0.5, 0.6) is 0 Å². The van der Waals surface area contributed by atoms with Crippen LogP contribution in [0.15, 0.2) is 12.1 Å². The Morgan fingerprint density at radius 1 is 1.50 bits per heavy atom. The van der Waals surface area contributed by atoms with Gasteiger partial charge in [0.1, 0.15) is 11.6 Å². The van der Waals surface area contributed by atoms with Crippen LogP contribution in [0.25, 0.3) is 0 Å². The Morgan fingerprint density at radius 2 is 2.14 bits per heavy atom. The minimum atomic E-state index is -3.46. The quantitative estimate of drug-likeness (QED) is 0.793. The normalized spacial score (nSPS) is 16.1. The van der Waals surface area contributed by atoms with Crippen molar-refractivity contribution in [3.8, 4) is 0 Å². The van der Waals surface area contributed by atoms with Gasteiger partial charge in [0.05, 0.1) is 10.8 Å². The number of hydrogen-bond acceptors (Lipinski definition) is 5. The molecule has 0 aliphatic heterocycles. The predicted octanol–water partition coefficient (Wildman–Crippen LogP) is 1.92. The zero-order chi connectivity index (χ0) is 16.5. The molecule has 1 aromatic rings. The van der Waals surface area contributed by atoms with Gasteiger partial charge in [-0.05, 0) is 38.3 Å². The van der Waals surface area contributed by atoms with Crippen LogP contribution in [-0.2, 0) is 10.0 Å². The molecule has 1 aliphatic rings. The molecule has 2 rings (SSSR count). The third kappa shape index (κ3) is 3.49. The van der Waals surface area contributed by atoms with Crippen molar-refractivity contribution in [1.29, 1.82) is 0 Å². The van der Waals surface area contributed by atoms with Gasteiger partial charge in [0.15, 0.2) is 0 Å². The van der Waals surface area contributed by atoms with Crippen LogP contribution in [-0.4, -0.2) is 42.8 Å². The highest BCUT2D eigenvalue weighted by atomic mass is 32.2. The molecule has 22 heavy (non-hydrogen) atoms. The Labute approximate surface area is 130 Å². The number of nitrogens with one attached hydrogen (secondary N) is 1. The zero-order valence-corrected chi connectivity index (χ0v) is 13.7. The molecule has 1 unspecified atom stereocenters. The smallest absolute Gasteiger partial charge is 0.335 e. The number of hydrogen-bond donors (Lipinski definition) is 2. The predicted molar refractivity (Wildman–Crippen MR) is 84.9 cm³/mol. The molecule has 1 atom stereocenters. The van der Waals surface area contributed by atoms with E-state index in [1.165, 1.54) is 19.2 Å². The topological polar surface area (TPSA) is 99.6 Å². The Bertz CT molecular complexity index is 671. The van der Waals surface area contributed by atoms with Crippen molar-refractivity contribution >= 4 is 27.6 Å². The van der Waals surface area contributed by atoms with E-state index in [1.54, 1.807) is 0 Å². The van der Waals surface area contributed by atoms with E-state index < -0.39 is 16.0 Å². The maximum absolute atomic E-state index is 12.3. The van der Waals surface area contributed by atoms with Gasteiger partial charge in [-0.3, -0.25) is 4.31 Å². The van der Waals surface area contributed by atoms with Gasteiger partial charge in [-0.1, -0.05) is 6.92 Å². The number of aromatic nitrogens is 1. The first-order valence-electron chi connectivity index (χ1n) is 7.25. The summed E-state index contributed by atoms with van der Waals surface area (Å²) < 4.78 is 25.6. The summed E-state index contributed by atoms with van der Waals surface area (Å²) in [6.07, 6.45) is 2.12. The second-order valence-electron chi connectivity index (χ2n) is 5.57. The second kappa shape index (κ2) is 6.12. The standard InChI is InChI=1S/C14H21N3O4S/c1-4-9(2)15-12-7-10(14(18)19)8-13(16-12)17(3)22(20,21)11-5-6-11/h7-9,11H,4-6H2,1-3H3,(H,15,16)(H,18,19). The minimum absolute atomic E-state index is 0.00801. The van der Waals surface area contributed by atoms with Gasteiger partial charge < -0.3 is 10.4 Å². The molecule has 1 fully saturated rings. The Morgan fingerprint density at radius 3 is 2.64 bits per heavy atom. The molecule has 0 saturated heterocycles. The molecular weight excluding hydrogens is 306 g/mol. The van der Waals surface area contributed by atoms with Gasteiger partial charge >= 0.3 is 5.97 Å². The number of carboxylic acids is 1. The Kier molecular flexibility index (Phi) is 4.60. The van der Waals surface area contributed by atoms with Gasteiger partial charge in [-0.25, -0.2) is 18.2 Å². The maximum Gasteiger partial charge on any atom is 0.335 e. The molecule has 1 heterocycles. The van der Waals surface area contributed by atoms with Gasteiger partial charge in [-0.15, -0.1) is 0 Å². The summed E-state index contributed by atoms with van der Waals surface area (Å²) in [6.45, 7) is 3.93. The SMILES string of the molecule is CCC(C)Nc1cc(C(=O)O)cc(N(C)S(=O)(=O)C2CC2)n1. The fourth-order valence-corrected chi connectivity index (χ4v) is 3.48. The summed E-state index contributed by atoms with van der Waals surface area (Å²) in [4.78, 5) is 15.5. The summed E-state index contributed by atoms with van der Waals surface area (Å²) in [5.41, 5.74) is 0.00801. The molecule has 0 radical (unpaired) electrons. The lowest BCUT2D eigenvalue weighted by Gasteiger charge is -2.20. The summed E-state index contributed by atoms with van der Waals surface area (Å²) in [6, 6.07) is 2.80. The van der Waals surface area contributed by atoms with E-state index >= 15 is 0 Å². The second-order valence-corrected chi connectivity index (χ2v) is 7.81. The van der Waals surface area contributed by atoms with Crippen LogP contribution < -0.4 is 9.62 Å². The number of carboxylic acid groups (broad SMARTS) is 1. The third-order valence-electron chi connectivity index (χ3n) is 3.72. The van der Waals surface area contributed by atoms with Crippen molar-refractivity contribution in [2.24, 2.45) is 0 Å². The molecule has 122 valence electrons. The molecule has 0 aromatic carbocycles. The van der Waals surface area contributed by atoms with Crippen LogP contribution >= 0.6 is 0 Å². The number of nitrogens with zero attached hydrogens (tertiary/aromatic N) is 2. The Balaban J connectivity index is 2.39. The van der Waals surface area contributed by atoms with Crippen LogP contribution in [0.1, 0.15) is 43.5 Å². The number of pyridine rings is 1. The van der Waals surface area contributed by atoms with Gasteiger partial charge in [0.25, 0.3) is 0 Å². The number of sulfonamides is 1. The average molecular weight is 327 g/mol. The van der Waals surface area contributed by atoms with E-state index in [4.69, 9.17) is 0 Å². The van der Waals surface area contributed by atoms with Crippen LogP contribution in [0.3, 0.4) is 0 Å². The van der Waals surface area contributed by atoms with Gasteiger partial charge in [0, 0.05) is 13.1 Å². The first-order valence-corrected chi connectivity index (χ1v) is 8.75. The molecule has 0 bridgehead atoms. The fraction of sp³-hybridized carbons (Fsp3) is 0.571. The van der Waals surface area contributed by atoms with E-state index in [0.717, 1.165) is 10.7 Å². The molecule has 0 amide bonds. The molecule has 8 heteroatoms. The molecule has 7 nitrogen and oxygen atoms in total. The van der Waals surface area contributed by atoms with Gasteiger partial charge in [0.2, 0.25) is 10.0 Å². The minimum Gasteiger partial charge on any atom is -0.478 e. The van der Waals surface area contributed by atoms with Crippen molar-refractivity contribution in [3.63, 3.8) is 0 Å². The first-order chi connectivity index (χ1) is 10.3. The van der Waals surface area contributed by atoms with Gasteiger partial charge in [-0.2, -0.15) is 0 Å². The highest BCUT2D eigenvalue weighted by molar-refractivity contribution is 7.93. The lowest BCUT2D eigenvalue weighted by atomic mass is 10.2. The van der Waals surface area contributed by atoms with Crippen LogP contribution in [0, 0.1) is 0 Å². The van der Waals surface area contributed by atoms with E-state index in [0.29, 0.717) is 18.7 Å². The van der Waals surface area contributed by atoms with E-state index in [1.807, 2.05) is 13.8 Å². The zero-order valence-electron chi connectivity index (χ0n) is 12.9. The lowest BCUT2D eigenvalue weighted by Crippen LogP contribution is -2.31. The van der Waals surface area contributed by atoms with E-state index in [9.17, 15) is 18.3 Å². The van der Waals surface area contributed by atoms with Crippen molar-refractivity contribution < 1.29 is 18.3 Å². The number of rotatable bonds is 7. The summed E-state index contributed by atoms with van der Waals surface area (Å²) in [7, 11) is -2.05. The lowest BCUT2D eigenvalue weighted by molar-refractivity contribution is 0.0697.